The quantitative estimate of drug-likeness (QED) is 0.392. The first kappa shape index (κ1) is 21.1. The number of para-hydroxylation sites is 1. The number of nitrogens with zero attached hydrogens (tertiary/aromatic N) is 1. The van der Waals surface area contributed by atoms with E-state index in [0.29, 0.717) is 18.6 Å². The van der Waals surface area contributed by atoms with E-state index in [-0.39, 0.29) is 0 Å². The Morgan fingerprint density at radius 1 is 0.862 bits per heavy atom. The van der Waals surface area contributed by atoms with Crippen molar-refractivity contribution >= 4 is 22.2 Å². The van der Waals surface area contributed by atoms with E-state index in [0.717, 1.165) is 39.0 Å². The first-order valence-corrected chi connectivity index (χ1v) is 10.8. The molecule has 0 atom stereocenters. The predicted octanol–water partition coefficient (Wildman–Crippen LogP) is 5.90. The van der Waals surface area contributed by atoms with Crippen LogP contribution in [0.1, 0.15) is 38.2 Å². The zero-order valence-corrected chi connectivity index (χ0v) is 17.4. The van der Waals surface area contributed by atoms with Crippen LogP contribution >= 0.6 is 0 Å². The molecule has 0 unspecified atom stereocenters. The van der Waals surface area contributed by atoms with Gasteiger partial charge in [-0.3, -0.25) is 9.69 Å². The molecule has 0 aliphatic rings. The van der Waals surface area contributed by atoms with E-state index in [9.17, 15) is 4.79 Å². The number of carbonyl (C=O) groups is 1. The molecule has 0 spiro atoms. The van der Waals surface area contributed by atoms with Crippen LogP contribution in [0.25, 0.3) is 10.8 Å². The molecular formula is C26H32N2O. The van der Waals surface area contributed by atoms with Crippen molar-refractivity contribution in [1.82, 2.24) is 4.90 Å². The third-order valence-corrected chi connectivity index (χ3v) is 5.35. The third-order valence-electron chi connectivity index (χ3n) is 5.35. The highest BCUT2D eigenvalue weighted by Crippen LogP contribution is 2.20. The molecule has 0 saturated heterocycles. The number of ketones is 1. The number of nitrogens with one attached hydrogen (secondary N) is 1. The SMILES string of the molecule is CCC(=O)CCCN(CCCNc1ccccc1)Cc1cccc2ccccc12. The fourth-order valence-electron chi connectivity index (χ4n) is 3.71. The number of rotatable bonds is 12. The molecule has 0 fully saturated rings. The van der Waals surface area contributed by atoms with Gasteiger partial charge < -0.3 is 5.32 Å². The smallest absolute Gasteiger partial charge is 0.132 e. The Labute approximate surface area is 174 Å². The maximum atomic E-state index is 11.7. The first-order chi connectivity index (χ1) is 14.3. The number of Topliss-reactive ketones (excluding diaryl/α,β-unsaturated/α-hetero) is 1. The maximum absolute atomic E-state index is 11.7. The highest BCUT2D eigenvalue weighted by molar-refractivity contribution is 5.85. The molecule has 0 saturated carbocycles. The molecular weight excluding hydrogens is 356 g/mol. The maximum Gasteiger partial charge on any atom is 0.132 e. The van der Waals surface area contributed by atoms with Crippen molar-refractivity contribution in [2.75, 3.05) is 25.0 Å². The Morgan fingerprint density at radius 3 is 2.41 bits per heavy atom. The van der Waals surface area contributed by atoms with E-state index >= 15 is 0 Å². The van der Waals surface area contributed by atoms with Crippen molar-refractivity contribution in [3.8, 4) is 0 Å². The lowest BCUT2D eigenvalue weighted by atomic mass is 10.0. The molecule has 0 radical (unpaired) electrons. The van der Waals surface area contributed by atoms with Crippen molar-refractivity contribution < 1.29 is 4.79 Å². The molecule has 3 nitrogen and oxygen atoms in total. The average Bonchev–Trinajstić information content (AvgIpc) is 2.77. The van der Waals surface area contributed by atoms with E-state index in [1.165, 1.54) is 22.0 Å². The summed E-state index contributed by atoms with van der Waals surface area (Å²) < 4.78 is 0. The van der Waals surface area contributed by atoms with Crippen molar-refractivity contribution in [2.24, 2.45) is 0 Å². The van der Waals surface area contributed by atoms with Gasteiger partial charge in [-0.2, -0.15) is 0 Å². The molecule has 0 aliphatic carbocycles. The summed E-state index contributed by atoms with van der Waals surface area (Å²) in [4.78, 5) is 14.2. The summed E-state index contributed by atoms with van der Waals surface area (Å²) in [6.45, 7) is 5.80. The second-order valence-electron chi connectivity index (χ2n) is 7.56. The molecule has 29 heavy (non-hydrogen) atoms. The standard InChI is InChI=1S/C26H32N2O/c1-2-25(29)16-9-19-28(20-10-18-27-24-14-4-3-5-15-24)21-23-13-8-12-22-11-6-7-17-26(22)23/h3-8,11-15,17,27H,2,9-10,16,18-21H2,1H3. The van der Waals surface area contributed by atoms with Gasteiger partial charge in [0.25, 0.3) is 0 Å². The van der Waals surface area contributed by atoms with Gasteiger partial charge in [-0.25, -0.2) is 0 Å². The van der Waals surface area contributed by atoms with E-state index < -0.39 is 0 Å². The molecule has 0 heterocycles. The van der Waals surface area contributed by atoms with E-state index in [1.54, 1.807) is 0 Å². The molecule has 0 aliphatic heterocycles. The van der Waals surface area contributed by atoms with Crippen LogP contribution in [-0.2, 0) is 11.3 Å². The number of fused-ring (bicyclic) bond motifs is 1. The van der Waals surface area contributed by atoms with Crippen LogP contribution in [-0.4, -0.2) is 30.3 Å². The highest BCUT2D eigenvalue weighted by Gasteiger charge is 2.09. The summed E-state index contributed by atoms with van der Waals surface area (Å²) >= 11 is 0. The third kappa shape index (κ3) is 6.72. The van der Waals surface area contributed by atoms with Crippen molar-refractivity contribution in [3.05, 3.63) is 78.4 Å². The summed E-state index contributed by atoms with van der Waals surface area (Å²) in [6, 6.07) is 25.5. The summed E-state index contributed by atoms with van der Waals surface area (Å²) in [7, 11) is 0. The summed E-state index contributed by atoms with van der Waals surface area (Å²) in [5.74, 6) is 0.362. The van der Waals surface area contributed by atoms with Gasteiger partial charge in [0.15, 0.2) is 0 Å². The van der Waals surface area contributed by atoms with Crippen LogP contribution in [0.2, 0.25) is 0 Å². The Morgan fingerprint density at radius 2 is 1.59 bits per heavy atom. The number of hydrogen-bond donors (Lipinski definition) is 1. The van der Waals surface area contributed by atoms with Gasteiger partial charge >= 0.3 is 0 Å². The topological polar surface area (TPSA) is 32.3 Å². The minimum atomic E-state index is 0.362. The highest BCUT2D eigenvalue weighted by atomic mass is 16.1. The Balaban J connectivity index is 1.59. The van der Waals surface area contributed by atoms with Gasteiger partial charge in [0.2, 0.25) is 0 Å². The Hall–Kier alpha value is -2.65. The lowest BCUT2D eigenvalue weighted by Crippen LogP contribution is -2.27. The Kier molecular flexibility index (Phi) is 8.26. The van der Waals surface area contributed by atoms with Crippen LogP contribution in [0.4, 0.5) is 5.69 Å². The van der Waals surface area contributed by atoms with Gasteiger partial charge in [-0.1, -0.05) is 67.6 Å². The zero-order valence-electron chi connectivity index (χ0n) is 17.4. The lowest BCUT2D eigenvalue weighted by molar-refractivity contribution is -0.118. The minimum absolute atomic E-state index is 0.362. The lowest BCUT2D eigenvalue weighted by Gasteiger charge is -2.23. The molecule has 0 bridgehead atoms. The molecule has 1 N–H and O–H groups in total. The van der Waals surface area contributed by atoms with Gasteiger partial charge in [0, 0.05) is 38.2 Å². The monoisotopic (exact) mass is 388 g/mol. The van der Waals surface area contributed by atoms with Gasteiger partial charge in [0.05, 0.1) is 0 Å². The van der Waals surface area contributed by atoms with E-state index in [1.807, 2.05) is 13.0 Å². The van der Waals surface area contributed by atoms with E-state index in [4.69, 9.17) is 0 Å². The number of anilines is 1. The molecule has 0 amide bonds. The van der Waals surface area contributed by atoms with Gasteiger partial charge in [-0.05, 0) is 47.9 Å². The molecule has 3 aromatic rings. The molecule has 3 rings (SSSR count). The van der Waals surface area contributed by atoms with Crippen molar-refractivity contribution in [1.29, 1.82) is 0 Å². The minimum Gasteiger partial charge on any atom is -0.385 e. The molecule has 3 heteroatoms. The molecule has 152 valence electrons. The van der Waals surface area contributed by atoms with Gasteiger partial charge in [0.1, 0.15) is 5.78 Å². The predicted molar refractivity (Wildman–Crippen MR) is 123 cm³/mol. The largest absolute Gasteiger partial charge is 0.385 e. The van der Waals surface area contributed by atoms with Gasteiger partial charge in [-0.15, -0.1) is 0 Å². The van der Waals surface area contributed by atoms with Crippen LogP contribution < -0.4 is 5.32 Å². The molecule has 0 aromatic heterocycles. The van der Waals surface area contributed by atoms with Crippen LogP contribution in [0.3, 0.4) is 0 Å². The Bertz CT molecular complexity index is 886. The van der Waals surface area contributed by atoms with Crippen LogP contribution in [0.15, 0.2) is 72.8 Å². The summed E-state index contributed by atoms with van der Waals surface area (Å²) in [5.41, 5.74) is 2.53. The fraction of sp³-hybridized carbons (Fsp3) is 0.346. The fourth-order valence-corrected chi connectivity index (χ4v) is 3.71. The van der Waals surface area contributed by atoms with E-state index in [2.05, 4.69) is 76.9 Å². The van der Waals surface area contributed by atoms with Crippen molar-refractivity contribution in [3.63, 3.8) is 0 Å². The van der Waals surface area contributed by atoms with Crippen molar-refractivity contribution in [2.45, 2.75) is 39.2 Å². The number of benzene rings is 3. The second kappa shape index (κ2) is 11.4. The zero-order chi connectivity index (χ0) is 20.3. The summed E-state index contributed by atoms with van der Waals surface area (Å²) in [5, 5.41) is 6.11. The average molecular weight is 389 g/mol. The molecule has 3 aromatic carbocycles. The number of hydrogen-bond acceptors (Lipinski definition) is 3. The first-order valence-electron chi connectivity index (χ1n) is 10.8. The number of carbonyl (C=O) groups excluding carboxylic acids is 1. The summed E-state index contributed by atoms with van der Waals surface area (Å²) in [6.07, 6.45) is 3.33. The second-order valence-corrected chi connectivity index (χ2v) is 7.56. The normalized spacial score (nSPS) is 11.1. The van der Waals surface area contributed by atoms with Crippen LogP contribution in [0.5, 0.6) is 0 Å². The van der Waals surface area contributed by atoms with Crippen LogP contribution in [0, 0.1) is 0 Å².